The van der Waals surface area contributed by atoms with Crippen molar-refractivity contribution in [3.63, 3.8) is 0 Å². The number of fused-ring (bicyclic) bond motifs is 3. The largest absolute Gasteiger partial charge is 0.456 e. The Kier molecular flexibility index (Phi) is 5.49. The highest BCUT2D eigenvalue weighted by molar-refractivity contribution is 6.05. The molecule has 0 radical (unpaired) electrons. The molecule has 38 heavy (non-hydrogen) atoms. The summed E-state index contributed by atoms with van der Waals surface area (Å²) in [4.78, 5) is 0. The number of ether oxygens (including phenoxy) is 1. The number of rotatable bonds is 4. The van der Waals surface area contributed by atoms with E-state index in [2.05, 4.69) is 127 Å². The summed E-state index contributed by atoms with van der Waals surface area (Å²) in [7, 11) is 0. The molecule has 2 nitrogen and oxygen atoms in total. The minimum Gasteiger partial charge on any atom is -0.456 e. The molecule has 180 valence electrons. The van der Waals surface area contributed by atoms with E-state index in [-0.39, 0.29) is 0 Å². The van der Waals surface area contributed by atoms with Crippen molar-refractivity contribution in [1.82, 2.24) is 0 Å². The number of nitrogens with one attached hydrogen (secondary N) is 1. The molecule has 0 aromatic heterocycles. The van der Waals surface area contributed by atoms with Gasteiger partial charge in [0.25, 0.3) is 0 Å². The molecule has 1 aliphatic rings. The van der Waals surface area contributed by atoms with Crippen molar-refractivity contribution >= 4 is 27.7 Å². The Balaban J connectivity index is 1.43. The van der Waals surface area contributed by atoms with Crippen LogP contribution in [0.25, 0.3) is 33.2 Å². The Bertz CT molecular complexity index is 1810. The Labute approximate surface area is 222 Å². The molecule has 2 heteroatoms. The average Bonchev–Trinajstić information content (AvgIpc) is 3.12. The third-order valence-electron chi connectivity index (χ3n) is 7.08. The molecule has 0 atom stereocenters. The minimum absolute atomic E-state index is 0.832. The maximum absolute atomic E-state index is 6.48. The summed E-state index contributed by atoms with van der Waals surface area (Å²) in [6, 6.07) is 50.8. The summed E-state index contributed by atoms with van der Waals surface area (Å²) >= 11 is 0. The maximum Gasteiger partial charge on any atom is 0.136 e. The second-order valence-corrected chi connectivity index (χ2v) is 9.44. The number of hydrogen-bond acceptors (Lipinski definition) is 2. The van der Waals surface area contributed by atoms with Gasteiger partial charge in [-0.15, -0.1) is 0 Å². The molecule has 6 aromatic rings. The highest BCUT2D eigenvalue weighted by Gasteiger charge is 2.24. The van der Waals surface area contributed by atoms with Crippen LogP contribution < -0.4 is 10.1 Å². The second kappa shape index (κ2) is 9.42. The van der Waals surface area contributed by atoms with Gasteiger partial charge in [0.15, 0.2) is 0 Å². The molecule has 0 saturated heterocycles. The summed E-state index contributed by atoms with van der Waals surface area (Å²) in [5.41, 5.74) is 8.77. The first-order chi connectivity index (χ1) is 18.8. The fraction of sp³-hybridized carbons (Fsp3) is 0. The van der Waals surface area contributed by atoms with Crippen LogP contribution in [0.5, 0.6) is 11.5 Å². The van der Waals surface area contributed by atoms with Gasteiger partial charge in [0, 0.05) is 22.4 Å². The third-order valence-corrected chi connectivity index (χ3v) is 7.08. The van der Waals surface area contributed by atoms with Crippen LogP contribution in [0.2, 0.25) is 0 Å². The van der Waals surface area contributed by atoms with Gasteiger partial charge < -0.3 is 10.1 Å². The van der Waals surface area contributed by atoms with Crippen molar-refractivity contribution < 1.29 is 4.74 Å². The van der Waals surface area contributed by atoms with E-state index in [9.17, 15) is 0 Å². The second-order valence-electron chi connectivity index (χ2n) is 9.44. The SMILES string of the molecule is c1ccc(C2=C(Nc3cccc(-c4cccc5ccccc45)c3)c3ccccc3Oc3ccccc32)cc1. The van der Waals surface area contributed by atoms with E-state index < -0.39 is 0 Å². The lowest BCUT2D eigenvalue weighted by molar-refractivity contribution is 0.481. The zero-order valence-corrected chi connectivity index (χ0v) is 20.8. The molecule has 0 unspecified atom stereocenters. The van der Waals surface area contributed by atoms with Gasteiger partial charge in [0.2, 0.25) is 0 Å². The van der Waals surface area contributed by atoms with Crippen LogP contribution in [0.1, 0.15) is 16.7 Å². The van der Waals surface area contributed by atoms with Crippen LogP contribution in [0.4, 0.5) is 5.69 Å². The number of hydrogen-bond donors (Lipinski definition) is 1. The molecule has 0 aliphatic carbocycles. The smallest absolute Gasteiger partial charge is 0.136 e. The topological polar surface area (TPSA) is 21.3 Å². The van der Waals surface area contributed by atoms with Crippen molar-refractivity contribution in [3.05, 3.63) is 162 Å². The third kappa shape index (κ3) is 3.93. The van der Waals surface area contributed by atoms with E-state index >= 15 is 0 Å². The molecule has 1 N–H and O–H groups in total. The summed E-state index contributed by atoms with van der Waals surface area (Å²) in [5.74, 6) is 1.68. The fourth-order valence-electron chi connectivity index (χ4n) is 5.33. The van der Waals surface area contributed by atoms with Gasteiger partial charge >= 0.3 is 0 Å². The molecule has 0 fully saturated rings. The Morgan fingerprint density at radius 1 is 0.447 bits per heavy atom. The lowest BCUT2D eigenvalue weighted by atomic mass is 9.92. The van der Waals surface area contributed by atoms with Crippen molar-refractivity contribution in [3.8, 4) is 22.6 Å². The van der Waals surface area contributed by atoms with E-state index in [1.807, 2.05) is 24.3 Å². The normalized spacial score (nSPS) is 12.3. The Morgan fingerprint density at radius 3 is 1.92 bits per heavy atom. The Hall–Kier alpha value is -5.08. The summed E-state index contributed by atoms with van der Waals surface area (Å²) in [6.07, 6.45) is 0. The van der Waals surface area contributed by atoms with Crippen molar-refractivity contribution in [2.24, 2.45) is 0 Å². The molecule has 6 aromatic carbocycles. The van der Waals surface area contributed by atoms with Crippen molar-refractivity contribution in [2.75, 3.05) is 5.32 Å². The lowest BCUT2D eigenvalue weighted by Gasteiger charge is -2.18. The van der Waals surface area contributed by atoms with Crippen LogP contribution in [0.3, 0.4) is 0 Å². The van der Waals surface area contributed by atoms with E-state index in [4.69, 9.17) is 4.74 Å². The first-order valence-corrected chi connectivity index (χ1v) is 12.9. The minimum atomic E-state index is 0.832. The summed E-state index contributed by atoms with van der Waals surface area (Å²) < 4.78 is 6.48. The molecule has 0 spiro atoms. The van der Waals surface area contributed by atoms with Gasteiger partial charge in [0.1, 0.15) is 11.5 Å². The molecule has 0 amide bonds. The van der Waals surface area contributed by atoms with Gasteiger partial charge in [-0.25, -0.2) is 0 Å². The number of para-hydroxylation sites is 2. The quantitative estimate of drug-likeness (QED) is 0.267. The van der Waals surface area contributed by atoms with Crippen LogP contribution in [-0.2, 0) is 0 Å². The predicted octanol–water partition coefficient (Wildman–Crippen LogP) is 9.64. The first kappa shape index (κ1) is 22.1. The van der Waals surface area contributed by atoms with Gasteiger partial charge in [-0.2, -0.15) is 0 Å². The highest BCUT2D eigenvalue weighted by Crippen LogP contribution is 2.45. The van der Waals surface area contributed by atoms with E-state index in [0.717, 1.165) is 45.1 Å². The molecular weight excluding hydrogens is 462 g/mol. The monoisotopic (exact) mass is 487 g/mol. The molecule has 0 saturated carbocycles. The molecule has 7 rings (SSSR count). The first-order valence-electron chi connectivity index (χ1n) is 12.9. The van der Waals surface area contributed by atoms with Crippen LogP contribution in [-0.4, -0.2) is 0 Å². The van der Waals surface area contributed by atoms with Crippen LogP contribution in [0.15, 0.2) is 146 Å². The Morgan fingerprint density at radius 2 is 1.05 bits per heavy atom. The van der Waals surface area contributed by atoms with Crippen LogP contribution in [0, 0.1) is 0 Å². The summed E-state index contributed by atoms with van der Waals surface area (Å²) in [5, 5.41) is 6.31. The van der Waals surface area contributed by atoms with Gasteiger partial charge in [-0.1, -0.05) is 115 Å². The van der Waals surface area contributed by atoms with Gasteiger partial charge in [-0.3, -0.25) is 0 Å². The molecule has 1 aliphatic heterocycles. The van der Waals surface area contributed by atoms with Gasteiger partial charge in [0.05, 0.1) is 5.70 Å². The van der Waals surface area contributed by atoms with Crippen molar-refractivity contribution in [2.45, 2.75) is 0 Å². The van der Waals surface area contributed by atoms with E-state index in [1.165, 1.54) is 21.9 Å². The van der Waals surface area contributed by atoms with Crippen LogP contribution >= 0.6 is 0 Å². The number of benzene rings is 6. The molecular formula is C36H25NO. The average molecular weight is 488 g/mol. The standard InChI is InChI=1S/C36H25NO/c1-2-13-26(14-3-1)35-31-19-6-8-22-33(31)38-34-23-9-7-20-32(34)36(35)37-28-17-10-16-27(24-28)30-21-11-15-25-12-4-5-18-29(25)30/h1-24,37H. The predicted molar refractivity (Wildman–Crippen MR) is 158 cm³/mol. The van der Waals surface area contributed by atoms with E-state index in [0.29, 0.717) is 0 Å². The zero-order valence-electron chi connectivity index (χ0n) is 20.8. The number of anilines is 1. The van der Waals surface area contributed by atoms with Crippen molar-refractivity contribution in [1.29, 1.82) is 0 Å². The maximum atomic E-state index is 6.48. The summed E-state index contributed by atoms with van der Waals surface area (Å²) in [6.45, 7) is 0. The fourth-order valence-corrected chi connectivity index (χ4v) is 5.33. The lowest BCUT2D eigenvalue weighted by Crippen LogP contribution is -2.03. The van der Waals surface area contributed by atoms with Gasteiger partial charge in [-0.05, 0) is 57.8 Å². The van der Waals surface area contributed by atoms with E-state index in [1.54, 1.807) is 0 Å². The highest BCUT2D eigenvalue weighted by atomic mass is 16.5. The molecule has 1 heterocycles. The zero-order chi connectivity index (χ0) is 25.3. The molecule has 0 bridgehead atoms.